The van der Waals surface area contributed by atoms with Crippen LogP contribution < -0.4 is 20.5 Å². The molecule has 2 aromatic carbocycles. The number of anilines is 2. The molecule has 154 valence electrons. The number of ether oxygens (including phenoxy) is 1. The zero-order chi connectivity index (χ0) is 21.1. The van der Waals surface area contributed by atoms with Crippen LogP contribution in [0.1, 0.15) is 23.0 Å². The molecule has 1 aliphatic heterocycles. The molecule has 0 atom stereocenters. The minimum absolute atomic E-state index is 0.194. The summed E-state index contributed by atoms with van der Waals surface area (Å²) in [5, 5.41) is 11.3. The van der Waals surface area contributed by atoms with Crippen molar-refractivity contribution in [3.63, 3.8) is 0 Å². The van der Waals surface area contributed by atoms with Crippen LogP contribution in [0.3, 0.4) is 0 Å². The molecule has 0 unspecified atom stereocenters. The first kappa shape index (κ1) is 19.9. The van der Waals surface area contributed by atoms with Crippen LogP contribution in [0.15, 0.2) is 53.3 Å². The number of carbonyl (C=O) groups is 1. The summed E-state index contributed by atoms with van der Waals surface area (Å²) in [5.41, 5.74) is 0.919. The van der Waals surface area contributed by atoms with Crippen LogP contribution in [0.25, 0.3) is 0 Å². The lowest BCUT2D eigenvalue weighted by Gasteiger charge is -2.17. The average molecular weight is 426 g/mol. The highest BCUT2D eigenvalue weighted by atomic mass is 35.5. The molecule has 0 saturated heterocycles. The predicted octanol–water partition coefficient (Wildman–Crippen LogP) is 2.77. The van der Waals surface area contributed by atoms with Gasteiger partial charge >= 0.3 is 0 Å². The van der Waals surface area contributed by atoms with Crippen molar-refractivity contribution in [3.05, 3.63) is 75.2 Å². The number of hydrogen-bond acceptors (Lipinski definition) is 6. The summed E-state index contributed by atoms with van der Waals surface area (Å²) >= 11 is 6.10. The summed E-state index contributed by atoms with van der Waals surface area (Å²) in [6, 6.07) is 14.7. The predicted molar refractivity (Wildman–Crippen MR) is 114 cm³/mol. The maximum absolute atomic E-state index is 12.8. The van der Waals surface area contributed by atoms with Gasteiger partial charge in [-0.3, -0.25) is 14.2 Å². The van der Waals surface area contributed by atoms with E-state index in [1.165, 1.54) is 4.57 Å². The van der Waals surface area contributed by atoms with Gasteiger partial charge in [0, 0.05) is 30.3 Å². The first-order chi connectivity index (χ1) is 14.6. The molecule has 0 fully saturated rings. The second-order valence-corrected chi connectivity index (χ2v) is 7.07. The Morgan fingerprint density at radius 2 is 1.90 bits per heavy atom. The third-order valence-electron chi connectivity index (χ3n) is 4.79. The summed E-state index contributed by atoms with van der Waals surface area (Å²) in [5.74, 6) is 0.600. The topological polar surface area (TPSA) is 89.3 Å². The van der Waals surface area contributed by atoms with E-state index in [9.17, 15) is 9.59 Å². The Hall–Kier alpha value is -3.39. The molecule has 0 spiro atoms. The number of nitrogens with zero attached hydrogens (tertiary/aromatic N) is 4. The van der Waals surface area contributed by atoms with Crippen molar-refractivity contribution >= 4 is 29.1 Å². The van der Waals surface area contributed by atoms with Crippen molar-refractivity contribution in [2.75, 3.05) is 18.1 Å². The lowest BCUT2D eigenvalue weighted by molar-refractivity contribution is 0.0942. The van der Waals surface area contributed by atoms with E-state index in [-0.39, 0.29) is 12.2 Å². The number of benzene rings is 2. The number of hydrogen-bond donors (Lipinski definition) is 1. The number of rotatable bonds is 6. The molecule has 0 aliphatic carbocycles. The monoisotopic (exact) mass is 425 g/mol. The standard InChI is InChI=1S/C21H20ClN5O3/c1-2-30-16-9-7-15(8-10-16)26-11-12-27-20(29)18(24-25-21(26)27)19(28)23-13-14-5-3-4-6-17(14)22/h3-10H,2,11-13H2,1H3,(H,23,28). The highest BCUT2D eigenvalue weighted by molar-refractivity contribution is 6.31. The first-order valence-corrected chi connectivity index (χ1v) is 9.96. The molecule has 4 rings (SSSR count). The SMILES string of the molecule is CCOc1ccc(N2CCn3c2nnc(C(=O)NCc2ccccc2Cl)c3=O)cc1. The smallest absolute Gasteiger partial charge is 0.286 e. The first-order valence-electron chi connectivity index (χ1n) is 9.58. The zero-order valence-corrected chi connectivity index (χ0v) is 17.1. The maximum Gasteiger partial charge on any atom is 0.286 e. The summed E-state index contributed by atoms with van der Waals surface area (Å²) in [4.78, 5) is 27.2. The van der Waals surface area contributed by atoms with Gasteiger partial charge in [-0.2, -0.15) is 0 Å². The van der Waals surface area contributed by atoms with Crippen molar-refractivity contribution < 1.29 is 9.53 Å². The molecule has 30 heavy (non-hydrogen) atoms. The van der Waals surface area contributed by atoms with Crippen molar-refractivity contribution in [2.45, 2.75) is 20.0 Å². The average Bonchev–Trinajstić information content (AvgIpc) is 3.19. The van der Waals surface area contributed by atoms with Gasteiger partial charge in [0.1, 0.15) is 5.75 Å². The van der Waals surface area contributed by atoms with Gasteiger partial charge in [0.25, 0.3) is 11.5 Å². The third kappa shape index (κ3) is 3.86. The fraction of sp³-hybridized carbons (Fsp3) is 0.238. The molecule has 9 heteroatoms. The molecule has 0 radical (unpaired) electrons. The molecule has 1 aromatic heterocycles. The summed E-state index contributed by atoms with van der Waals surface area (Å²) < 4.78 is 6.93. The number of nitrogens with one attached hydrogen (secondary N) is 1. The van der Waals surface area contributed by atoms with E-state index >= 15 is 0 Å². The number of aromatic nitrogens is 3. The molecule has 1 aliphatic rings. The Bertz CT molecular complexity index is 1130. The van der Waals surface area contributed by atoms with Crippen molar-refractivity contribution in [1.29, 1.82) is 0 Å². The highest BCUT2D eigenvalue weighted by Gasteiger charge is 2.27. The van der Waals surface area contributed by atoms with E-state index in [4.69, 9.17) is 16.3 Å². The van der Waals surface area contributed by atoms with Gasteiger partial charge < -0.3 is 15.0 Å². The highest BCUT2D eigenvalue weighted by Crippen LogP contribution is 2.28. The van der Waals surface area contributed by atoms with E-state index in [2.05, 4.69) is 15.5 Å². The maximum atomic E-state index is 12.8. The Morgan fingerprint density at radius 1 is 1.13 bits per heavy atom. The van der Waals surface area contributed by atoms with Gasteiger partial charge in [-0.1, -0.05) is 29.8 Å². The molecule has 1 amide bonds. The Labute approximate surface area is 178 Å². The van der Waals surface area contributed by atoms with Crippen LogP contribution in [0, 0.1) is 0 Å². The van der Waals surface area contributed by atoms with Gasteiger partial charge in [0.2, 0.25) is 11.6 Å². The van der Waals surface area contributed by atoms with Gasteiger partial charge in [-0.15, -0.1) is 10.2 Å². The fourth-order valence-electron chi connectivity index (χ4n) is 3.29. The summed E-state index contributed by atoms with van der Waals surface area (Å²) in [6.45, 7) is 3.69. The van der Waals surface area contributed by atoms with Crippen LogP contribution in [0.5, 0.6) is 5.75 Å². The van der Waals surface area contributed by atoms with E-state index in [0.29, 0.717) is 30.7 Å². The van der Waals surface area contributed by atoms with Gasteiger partial charge in [-0.05, 0) is 42.8 Å². The van der Waals surface area contributed by atoms with E-state index in [1.807, 2.05) is 48.2 Å². The van der Waals surface area contributed by atoms with Gasteiger partial charge in [0.15, 0.2) is 0 Å². The lowest BCUT2D eigenvalue weighted by Crippen LogP contribution is -2.34. The molecule has 1 N–H and O–H groups in total. The molecular weight excluding hydrogens is 406 g/mol. The minimum Gasteiger partial charge on any atom is -0.494 e. The quantitative estimate of drug-likeness (QED) is 0.653. The van der Waals surface area contributed by atoms with Gasteiger partial charge in [-0.25, -0.2) is 0 Å². The second-order valence-electron chi connectivity index (χ2n) is 6.66. The van der Waals surface area contributed by atoms with E-state index in [0.717, 1.165) is 17.0 Å². The van der Waals surface area contributed by atoms with Crippen molar-refractivity contribution in [3.8, 4) is 5.75 Å². The minimum atomic E-state index is -0.581. The molecule has 3 aromatic rings. The van der Waals surface area contributed by atoms with Crippen LogP contribution in [0.4, 0.5) is 11.6 Å². The molecule has 0 saturated carbocycles. The Balaban J connectivity index is 1.53. The van der Waals surface area contributed by atoms with Crippen LogP contribution in [-0.4, -0.2) is 33.8 Å². The third-order valence-corrected chi connectivity index (χ3v) is 5.16. The Morgan fingerprint density at radius 3 is 2.63 bits per heavy atom. The lowest BCUT2D eigenvalue weighted by atomic mass is 10.2. The number of carbonyl (C=O) groups excluding carboxylic acids is 1. The molecule has 8 nitrogen and oxygen atoms in total. The second kappa shape index (κ2) is 8.54. The Kier molecular flexibility index (Phi) is 5.67. The van der Waals surface area contributed by atoms with Crippen LogP contribution >= 0.6 is 11.6 Å². The number of amides is 1. The molecule has 0 bridgehead atoms. The summed E-state index contributed by atoms with van der Waals surface area (Å²) in [6.07, 6.45) is 0. The fourth-order valence-corrected chi connectivity index (χ4v) is 3.49. The number of halogens is 1. The largest absolute Gasteiger partial charge is 0.494 e. The zero-order valence-electron chi connectivity index (χ0n) is 16.3. The summed E-state index contributed by atoms with van der Waals surface area (Å²) in [7, 11) is 0. The molecule has 2 heterocycles. The molecular formula is C21H20ClN5O3. The normalized spacial score (nSPS) is 12.5. The van der Waals surface area contributed by atoms with E-state index < -0.39 is 11.5 Å². The van der Waals surface area contributed by atoms with Crippen molar-refractivity contribution in [1.82, 2.24) is 20.1 Å². The van der Waals surface area contributed by atoms with E-state index in [1.54, 1.807) is 12.1 Å². The van der Waals surface area contributed by atoms with Crippen LogP contribution in [0.2, 0.25) is 5.02 Å². The van der Waals surface area contributed by atoms with Crippen molar-refractivity contribution in [2.24, 2.45) is 0 Å². The van der Waals surface area contributed by atoms with Crippen LogP contribution in [-0.2, 0) is 13.1 Å². The number of fused-ring (bicyclic) bond motifs is 1. The van der Waals surface area contributed by atoms with Gasteiger partial charge in [0.05, 0.1) is 6.61 Å².